The van der Waals surface area contributed by atoms with Crippen LogP contribution in [0.25, 0.3) is 11.3 Å². The third-order valence-electron chi connectivity index (χ3n) is 4.51. The fourth-order valence-electron chi connectivity index (χ4n) is 3.04. The van der Waals surface area contributed by atoms with Crippen LogP contribution >= 0.6 is 11.6 Å². The van der Waals surface area contributed by atoms with E-state index in [0.717, 1.165) is 16.8 Å². The normalized spacial score (nSPS) is 10.5. The molecule has 6 nitrogen and oxygen atoms in total. The molecule has 29 heavy (non-hydrogen) atoms. The average molecular weight is 414 g/mol. The van der Waals surface area contributed by atoms with Crippen LogP contribution in [-0.4, -0.2) is 26.2 Å². The van der Waals surface area contributed by atoms with Crippen LogP contribution in [0.2, 0.25) is 5.02 Å². The second kappa shape index (κ2) is 8.41. The van der Waals surface area contributed by atoms with E-state index >= 15 is 0 Å². The highest BCUT2D eigenvalue weighted by molar-refractivity contribution is 6.30. The van der Waals surface area contributed by atoms with Gasteiger partial charge in [0.05, 0.1) is 14.2 Å². The largest absolute Gasteiger partial charge is 0.465 e. The van der Waals surface area contributed by atoms with Crippen molar-refractivity contribution in [1.29, 1.82) is 0 Å². The molecule has 0 amide bonds. The maximum atomic E-state index is 12.6. The maximum Gasteiger partial charge on any atom is 0.344 e. The van der Waals surface area contributed by atoms with Crippen molar-refractivity contribution in [3.63, 3.8) is 0 Å². The van der Waals surface area contributed by atoms with Crippen LogP contribution in [0.5, 0.6) is 0 Å². The van der Waals surface area contributed by atoms with Crippen LogP contribution in [-0.2, 0) is 9.47 Å². The van der Waals surface area contributed by atoms with Crippen LogP contribution in [0.1, 0.15) is 31.8 Å². The van der Waals surface area contributed by atoms with Crippen molar-refractivity contribution in [2.75, 3.05) is 19.5 Å². The van der Waals surface area contributed by atoms with Crippen molar-refractivity contribution < 1.29 is 23.5 Å². The molecule has 3 rings (SSSR count). The number of furan rings is 1. The van der Waals surface area contributed by atoms with Crippen molar-refractivity contribution >= 4 is 35.1 Å². The first-order valence-electron chi connectivity index (χ1n) is 8.80. The molecule has 1 heterocycles. The standard InChI is InChI=1S/C22H20ClNO5/c1-12-6-5-7-13(2)18(12)24-20-17(22(26)28-4)16(21(25)27-3)19(29-20)14-8-10-15(23)11-9-14/h5-11,24H,1-4H3. The fraction of sp³-hybridized carbons (Fsp3) is 0.182. The van der Waals surface area contributed by atoms with Gasteiger partial charge in [0.15, 0.2) is 5.76 Å². The summed E-state index contributed by atoms with van der Waals surface area (Å²) in [5, 5.41) is 3.67. The summed E-state index contributed by atoms with van der Waals surface area (Å²) in [7, 11) is 2.47. The number of carbonyl (C=O) groups excluding carboxylic acids is 2. The van der Waals surface area contributed by atoms with Gasteiger partial charge in [-0.2, -0.15) is 0 Å². The van der Waals surface area contributed by atoms with Gasteiger partial charge in [0.2, 0.25) is 5.88 Å². The highest BCUT2D eigenvalue weighted by atomic mass is 35.5. The molecular formula is C22H20ClNO5. The number of nitrogens with one attached hydrogen (secondary N) is 1. The zero-order valence-corrected chi connectivity index (χ0v) is 17.2. The minimum Gasteiger partial charge on any atom is -0.465 e. The number of hydrogen-bond donors (Lipinski definition) is 1. The lowest BCUT2D eigenvalue weighted by atomic mass is 10.0. The molecule has 0 bridgehead atoms. The van der Waals surface area contributed by atoms with Crippen molar-refractivity contribution in [3.05, 3.63) is 69.7 Å². The molecule has 7 heteroatoms. The van der Waals surface area contributed by atoms with Gasteiger partial charge in [-0.1, -0.05) is 29.8 Å². The van der Waals surface area contributed by atoms with E-state index in [-0.39, 0.29) is 22.8 Å². The van der Waals surface area contributed by atoms with E-state index in [1.165, 1.54) is 14.2 Å². The maximum absolute atomic E-state index is 12.6. The second-order valence-electron chi connectivity index (χ2n) is 6.39. The van der Waals surface area contributed by atoms with Gasteiger partial charge in [-0.25, -0.2) is 9.59 Å². The zero-order chi connectivity index (χ0) is 21.1. The van der Waals surface area contributed by atoms with E-state index in [1.54, 1.807) is 24.3 Å². The molecule has 3 aromatic rings. The van der Waals surface area contributed by atoms with Crippen molar-refractivity contribution in [1.82, 2.24) is 0 Å². The Morgan fingerprint density at radius 1 is 0.897 bits per heavy atom. The van der Waals surface area contributed by atoms with Gasteiger partial charge in [-0.3, -0.25) is 0 Å². The van der Waals surface area contributed by atoms with E-state index < -0.39 is 11.9 Å². The molecule has 0 aliphatic rings. The molecule has 0 spiro atoms. The number of ether oxygens (including phenoxy) is 2. The minimum absolute atomic E-state index is 0.0181. The minimum atomic E-state index is -0.719. The summed E-state index contributed by atoms with van der Waals surface area (Å²) in [6.07, 6.45) is 0. The first-order chi connectivity index (χ1) is 13.9. The van der Waals surface area contributed by atoms with Crippen LogP contribution in [0.15, 0.2) is 46.9 Å². The van der Waals surface area contributed by atoms with E-state index in [2.05, 4.69) is 5.32 Å². The molecule has 0 radical (unpaired) electrons. The van der Waals surface area contributed by atoms with Gasteiger partial charge in [0.1, 0.15) is 11.1 Å². The average Bonchev–Trinajstić information content (AvgIpc) is 3.09. The quantitative estimate of drug-likeness (QED) is 0.554. The predicted molar refractivity (Wildman–Crippen MR) is 111 cm³/mol. The van der Waals surface area contributed by atoms with Gasteiger partial charge in [0.25, 0.3) is 0 Å². The Bertz CT molecular complexity index is 1050. The number of esters is 2. The molecule has 0 saturated heterocycles. The Kier molecular flexibility index (Phi) is 5.94. The van der Waals surface area contributed by atoms with Gasteiger partial charge >= 0.3 is 11.9 Å². The molecule has 0 unspecified atom stereocenters. The summed E-state index contributed by atoms with van der Waals surface area (Å²) < 4.78 is 15.8. The first-order valence-corrected chi connectivity index (χ1v) is 9.17. The number of methoxy groups -OCH3 is 2. The molecule has 1 aromatic heterocycles. The summed E-state index contributed by atoms with van der Waals surface area (Å²) in [5.74, 6) is -1.15. The Balaban J connectivity index is 2.26. The lowest BCUT2D eigenvalue weighted by Gasteiger charge is -2.11. The molecule has 0 aliphatic heterocycles. The van der Waals surface area contributed by atoms with E-state index in [0.29, 0.717) is 10.6 Å². The number of benzene rings is 2. The van der Waals surface area contributed by atoms with Gasteiger partial charge in [-0.05, 0) is 49.2 Å². The first kappa shape index (κ1) is 20.5. The number of anilines is 2. The number of carbonyl (C=O) groups is 2. The number of rotatable bonds is 5. The predicted octanol–water partition coefficient (Wildman–Crippen LogP) is 5.53. The Hall–Kier alpha value is -3.25. The molecule has 2 aromatic carbocycles. The van der Waals surface area contributed by atoms with Gasteiger partial charge in [-0.15, -0.1) is 0 Å². The third-order valence-corrected chi connectivity index (χ3v) is 4.77. The van der Waals surface area contributed by atoms with E-state index in [9.17, 15) is 9.59 Å². The molecule has 0 fully saturated rings. The zero-order valence-electron chi connectivity index (χ0n) is 16.5. The van der Waals surface area contributed by atoms with Crippen LogP contribution < -0.4 is 5.32 Å². The van der Waals surface area contributed by atoms with Crippen molar-refractivity contribution in [2.45, 2.75) is 13.8 Å². The number of para-hydroxylation sites is 1. The Morgan fingerprint density at radius 2 is 1.45 bits per heavy atom. The summed E-state index contributed by atoms with van der Waals surface area (Å²) in [5.41, 5.74) is 3.18. The highest BCUT2D eigenvalue weighted by Crippen LogP contribution is 2.38. The topological polar surface area (TPSA) is 77.8 Å². The number of hydrogen-bond acceptors (Lipinski definition) is 6. The lowest BCUT2D eigenvalue weighted by Crippen LogP contribution is -2.12. The molecule has 0 aliphatic carbocycles. The molecule has 150 valence electrons. The summed E-state index contributed by atoms with van der Waals surface area (Å²) >= 11 is 5.97. The SMILES string of the molecule is COC(=O)c1c(Nc2c(C)cccc2C)oc(-c2ccc(Cl)cc2)c1C(=O)OC. The number of halogens is 1. The van der Waals surface area contributed by atoms with Crippen LogP contribution in [0.3, 0.4) is 0 Å². The molecular weight excluding hydrogens is 394 g/mol. The van der Waals surface area contributed by atoms with Crippen LogP contribution in [0.4, 0.5) is 11.6 Å². The summed E-state index contributed by atoms with van der Waals surface area (Å²) in [6.45, 7) is 3.86. The van der Waals surface area contributed by atoms with Gasteiger partial charge in [0, 0.05) is 16.3 Å². The van der Waals surface area contributed by atoms with Crippen molar-refractivity contribution in [2.24, 2.45) is 0 Å². The monoisotopic (exact) mass is 413 g/mol. The fourth-order valence-corrected chi connectivity index (χ4v) is 3.17. The summed E-state index contributed by atoms with van der Waals surface area (Å²) in [4.78, 5) is 25.2. The van der Waals surface area contributed by atoms with E-state index in [1.807, 2.05) is 32.0 Å². The van der Waals surface area contributed by atoms with E-state index in [4.69, 9.17) is 25.5 Å². The number of aryl methyl sites for hydroxylation is 2. The highest BCUT2D eigenvalue weighted by Gasteiger charge is 2.32. The third kappa shape index (κ3) is 3.98. The lowest BCUT2D eigenvalue weighted by molar-refractivity contribution is 0.0558. The smallest absolute Gasteiger partial charge is 0.344 e. The molecule has 0 atom stereocenters. The summed E-state index contributed by atoms with van der Waals surface area (Å²) in [6, 6.07) is 12.5. The second-order valence-corrected chi connectivity index (χ2v) is 6.83. The Labute approximate surface area is 173 Å². The molecule has 1 N–H and O–H groups in total. The Morgan fingerprint density at radius 3 is 2.00 bits per heavy atom. The van der Waals surface area contributed by atoms with Gasteiger partial charge < -0.3 is 19.2 Å². The molecule has 0 saturated carbocycles. The van der Waals surface area contributed by atoms with Crippen molar-refractivity contribution in [3.8, 4) is 11.3 Å². The van der Waals surface area contributed by atoms with Crippen LogP contribution in [0, 0.1) is 13.8 Å².